The van der Waals surface area contributed by atoms with E-state index in [4.69, 9.17) is 5.11 Å². The van der Waals surface area contributed by atoms with Gasteiger partial charge in [-0.1, -0.05) is 13.3 Å². The number of hydrogen-bond acceptors (Lipinski definition) is 2. The molecule has 1 fully saturated rings. The third-order valence-electron chi connectivity index (χ3n) is 2.52. The number of rotatable bonds is 6. The minimum atomic E-state index is -0.898. The highest BCUT2D eigenvalue weighted by atomic mass is 16.4. The molecule has 0 unspecified atom stereocenters. The Balaban J connectivity index is 2.02. The lowest BCUT2D eigenvalue weighted by atomic mass is 10.2. The van der Waals surface area contributed by atoms with Crippen molar-refractivity contribution in [3.63, 3.8) is 0 Å². The lowest BCUT2D eigenvalue weighted by molar-refractivity contribution is -0.136. The van der Waals surface area contributed by atoms with Gasteiger partial charge < -0.3 is 15.7 Å². The molecule has 15 heavy (non-hydrogen) atoms. The predicted molar refractivity (Wildman–Crippen MR) is 55.6 cm³/mol. The largest absolute Gasteiger partial charge is 0.481 e. The summed E-state index contributed by atoms with van der Waals surface area (Å²) in [6, 6.07) is 0.0506. The molecule has 0 aromatic carbocycles. The highest BCUT2D eigenvalue weighted by molar-refractivity contribution is 5.75. The molecule has 3 N–H and O–H groups in total. The van der Waals surface area contributed by atoms with Crippen molar-refractivity contribution >= 4 is 12.0 Å². The van der Waals surface area contributed by atoms with Gasteiger partial charge in [-0.3, -0.25) is 4.79 Å². The molecule has 0 spiro atoms. The van der Waals surface area contributed by atoms with Crippen molar-refractivity contribution in [1.29, 1.82) is 0 Å². The molecule has 5 heteroatoms. The van der Waals surface area contributed by atoms with Gasteiger partial charge in [0, 0.05) is 12.6 Å². The monoisotopic (exact) mass is 214 g/mol. The highest BCUT2D eigenvalue weighted by Crippen LogP contribution is 2.34. The predicted octanol–water partition coefficient (Wildman–Crippen LogP) is 0.949. The molecule has 2 atom stereocenters. The van der Waals surface area contributed by atoms with E-state index in [-0.39, 0.29) is 19.0 Å². The van der Waals surface area contributed by atoms with Crippen LogP contribution in [0.4, 0.5) is 4.79 Å². The normalized spacial score (nSPS) is 23.3. The summed E-state index contributed by atoms with van der Waals surface area (Å²) in [6.07, 6.45) is 3.32. The van der Waals surface area contributed by atoms with Crippen LogP contribution in [-0.4, -0.2) is 29.7 Å². The second-order valence-electron chi connectivity index (χ2n) is 3.93. The van der Waals surface area contributed by atoms with Crippen molar-refractivity contribution < 1.29 is 14.7 Å². The molecule has 0 aromatic rings. The second-order valence-corrected chi connectivity index (χ2v) is 3.93. The smallest absolute Gasteiger partial charge is 0.315 e. The number of carboxylic acids is 1. The Hall–Kier alpha value is -1.26. The first kappa shape index (κ1) is 11.8. The zero-order valence-electron chi connectivity index (χ0n) is 8.95. The van der Waals surface area contributed by atoms with E-state index in [1.165, 1.54) is 0 Å². The van der Waals surface area contributed by atoms with Crippen LogP contribution in [0, 0.1) is 5.92 Å². The first-order valence-electron chi connectivity index (χ1n) is 5.39. The molecule has 0 bridgehead atoms. The van der Waals surface area contributed by atoms with Crippen LogP contribution in [0.3, 0.4) is 0 Å². The van der Waals surface area contributed by atoms with E-state index in [0.29, 0.717) is 12.0 Å². The molecule has 2 amide bonds. The summed E-state index contributed by atoms with van der Waals surface area (Å²) in [5.41, 5.74) is 0. The van der Waals surface area contributed by atoms with Crippen LogP contribution in [0.2, 0.25) is 0 Å². The van der Waals surface area contributed by atoms with Gasteiger partial charge in [-0.05, 0) is 18.8 Å². The third-order valence-corrected chi connectivity index (χ3v) is 2.52. The van der Waals surface area contributed by atoms with Crippen molar-refractivity contribution in [2.45, 2.75) is 38.6 Å². The van der Waals surface area contributed by atoms with E-state index in [1.54, 1.807) is 0 Å². The molecular weight excluding hydrogens is 196 g/mol. The molecule has 0 radical (unpaired) electrons. The molecule has 0 aliphatic heterocycles. The molecule has 0 saturated heterocycles. The summed E-state index contributed by atoms with van der Waals surface area (Å²) < 4.78 is 0. The summed E-state index contributed by atoms with van der Waals surface area (Å²) >= 11 is 0. The molecule has 1 aliphatic carbocycles. The standard InChI is InChI=1S/C10H18N2O3/c1-2-3-7-6-8(7)12-10(15)11-5-4-9(13)14/h7-8H,2-6H2,1H3,(H,13,14)(H2,11,12,15)/t7-,8-/m1/s1. The Bertz CT molecular complexity index is 243. The summed E-state index contributed by atoms with van der Waals surface area (Å²) in [4.78, 5) is 21.4. The third kappa shape index (κ3) is 4.67. The number of carbonyl (C=O) groups is 2. The fourth-order valence-electron chi connectivity index (χ4n) is 1.62. The van der Waals surface area contributed by atoms with Crippen LogP contribution in [0.25, 0.3) is 0 Å². The molecule has 1 saturated carbocycles. The number of carboxylic acid groups (broad SMARTS) is 1. The van der Waals surface area contributed by atoms with Crippen LogP contribution in [0.5, 0.6) is 0 Å². The number of aliphatic carboxylic acids is 1. The van der Waals surface area contributed by atoms with Crippen LogP contribution in [0.1, 0.15) is 32.6 Å². The van der Waals surface area contributed by atoms with Crippen LogP contribution >= 0.6 is 0 Å². The van der Waals surface area contributed by atoms with E-state index in [9.17, 15) is 9.59 Å². The zero-order chi connectivity index (χ0) is 11.3. The fourth-order valence-corrected chi connectivity index (χ4v) is 1.62. The van der Waals surface area contributed by atoms with Crippen molar-refractivity contribution in [2.24, 2.45) is 5.92 Å². The summed E-state index contributed by atoms with van der Waals surface area (Å²) in [6.45, 7) is 2.31. The number of nitrogens with one attached hydrogen (secondary N) is 2. The lowest BCUT2D eigenvalue weighted by Gasteiger charge is -2.05. The van der Waals surface area contributed by atoms with Gasteiger partial charge in [-0.25, -0.2) is 4.79 Å². The summed E-state index contributed by atoms with van der Waals surface area (Å²) in [7, 11) is 0. The number of hydrogen-bond donors (Lipinski definition) is 3. The summed E-state index contributed by atoms with van der Waals surface area (Å²) in [5, 5.41) is 13.7. The average molecular weight is 214 g/mol. The van der Waals surface area contributed by atoms with Crippen LogP contribution in [0.15, 0.2) is 0 Å². The fraction of sp³-hybridized carbons (Fsp3) is 0.800. The first-order chi connectivity index (χ1) is 7.13. The van der Waals surface area contributed by atoms with Gasteiger partial charge in [-0.15, -0.1) is 0 Å². The summed E-state index contributed by atoms with van der Waals surface area (Å²) in [5.74, 6) is -0.272. The van der Waals surface area contributed by atoms with Crippen molar-refractivity contribution in [3.8, 4) is 0 Å². The van der Waals surface area contributed by atoms with Gasteiger partial charge in [0.25, 0.3) is 0 Å². The first-order valence-corrected chi connectivity index (χ1v) is 5.39. The molecule has 0 heterocycles. The highest BCUT2D eigenvalue weighted by Gasteiger charge is 2.36. The van der Waals surface area contributed by atoms with Crippen molar-refractivity contribution in [2.75, 3.05) is 6.54 Å². The van der Waals surface area contributed by atoms with Crippen molar-refractivity contribution in [1.82, 2.24) is 10.6 Å². The van der Waals surface area contributed by atoms with Gasteiger partial charge in [0.15, 0.2) is 0 Å². The Kier molecular flexibility index (Phi) is 4.39. The molecule has 86 valence electrons. The van der Waals surface area contributed by atoms with Crippen LogP contribution < -0.4 is 10.6 Å². The topological polar surface area (TPSA) is 78.4 Å². The quantitative estimate of drug-likeness (QED) is 0.616. The van der Waals surface area contributed by atoms with E-state index in [1.807, 2.05) is 0 Å². The zero-order valence-corrected chi connectivity index (χ0v) is 8.95. The number of amides is 2. The van der Waals surface area contributed by atoms with Gasteiger partial charge in [-0.2, -0.15) is 0 Å². The van der Waals surface area contributed by atoms with Crippen molar-refractivity contribution in [3.05, 3.63) is 0 Å². The molecule has 1 rings (SSSR count). The Labute approximate surface area is 89.2 Å². The van der Waals surface area contributed by atoms with Gasteiger partial charge in [0.2, 0.25) is 0 Å². The van der Waals surface area contributed by atoms with Gasteiger partial charge in [0.1, 0.15) is 0 Å². The van der Waals surface area contributed by atoms with E-state index in [0.717, 1.165) is 19.3 Å². The molecule has 5 nitrogen and oxygen atoms in total. The maximum Gasteiger partial charge on any atom is 0.315 e. The second kappa shape index (κ2) is 5.58. The lowest BCUT2D eigenvalue weighted by Crippen LogP contribution is -2.38. The average Bonchev–Trinajstić information content (AvgIpc) is 2.83. The number of carbonyl (C=O) groups excluding carboxylic acids is 1. The molecular formula is C10H18N2O3. The number of urea groups is 1. The minimum Gasteiger partial charge on any atom is -0.481 e. The van der Waals surface area contributed by atoms with Crippen LogP contribution in [-0.2, 0) is 4.79 Å². The minimum absolute atomic E-state index is 0.0313. The SMILES string of the molecule is CCC[C@@H]1C[C@H]1NC(=O)NCCC(=O)O. The maximum absolute atomic E-state index is 11.2. The van der Waals surface area contributed by atoms with Gasteiger partial charge >= 0.3 is 12.0 Å². The molecule has 0 aromatic heterocycles. The maximum atomic E-state index is 11.2. The van der Waals surface area contributed by atoms with E-state index < -0.39 is 5.97 Å². The van der Waals surface area contributed by atoms with E-state index in [2.05, 4.69) is 17.6 Å². The Morgan fingerprint density at radius 1 is 1.47 bits per heavy atom. The Morgan fingerprint density at radius 3 is 2.80 bits per heavy atom. The van der Waals surface area contributed by atoms with Gasteiger partial charge in [0.05, 0.1) is 6.42 Å². The molecule has 1 aliphatic rings. The van der Waals surface area contributed by atoms with E-state index >= 15 is 0 Å². The Morgan fingerprint density at radius 2 is 2.20 bits per heavy atom.